The van der Waals surface area contributed by atoms with Crippen LogP contribution < -0.4 is 9.80 Å². The Morgan fingerprint density at radius 1 is 1.28 bits per heavy atom. The number of unbranched alkanes of at least 4 members (excludes halogenated alkanes) is 2. The van der Waals surface area contributed by atoms with Crippen LogP contribution in [0, 0.1) is 0 Å². The molecule has 0 atom stereocenters. The normalized spacial score (nSPS) is 14.9. The zero-order chi connectivity index (χ0) is 13.1. The molecule has 0 unspecified atom stereocenters. The molecular formula is C14H19BrN2O. The maximum Gasteiger partial charge on any atom is 0.246 e. The van der Waals surface area contributed by atoms with Crippen molar-refractivity contribution in [2.75, 3.05) is 29.9 Å². The molecule has 18 heavy (non-hydrogen) atoms. The summed E-state index contributed by atoms with van der Waals surface area (Å²) in [5, 5.41) is 0. The topological polar surface area (TPSA) is 23.6 Å². The highest BCUT2D eigenvalue weighted by atomic mass is 79.9. The molecule has 2 rings (SSSR count). The number of carbonyl (C=O) groups excluding carboxylic acids is 1. The van der Waals surface area contributed by atoms with Gasteiger partial charge in [0.2, 0.25) is 5.91 Å². The minimum atomic E-state index is 0.198. The van der Waals surface area contributed by atoms with Gasteiger partial charge in [-0.25, -0.2) is 0 Å². The largest absolute Gasteiger partial charge is 0.364 e. The highest BCUT2D eigenvalue weighted by Gasteiger charge is 2.26. The molecule has 0 spiro atoms. The zero-order valence-corrected chi connectivity index (χ0v) is 12.5. The average molecular weight is 311 g/mol. The number of benzene rings is 1. The summed E-state index contributed by atoms with van der Waals surface area (Å²) < 4.78 is 1.05. The van der Waals surface area contributed by atoms with Crippen molar-refractivity contribution in [2.24, 2.45) is 0 Å². The number of fused-ring (bicyclic) bond motifs is 1. The number of carbonyl (C=O) groups is 1. The number of nitrogens with zero attached hydrogens (tertiary/aromatic N) is 2. The van der Waals surface area contributed by atoms with Gasteiger partial charge in [-0.15, -0.1) is 0 Å². The summed E-state index contributed by atoms with van der Waals surface area (Å²) in [6, 6.07) is 6.10. The summed E-state index contributed by atoms with van der Waals surface area (Å²) in [6.45, 7) is 3.47. The smallest absolute Gasteiger partial charge is 0.246 e. The van der Waals surface area contributed by atoms with E-state index >= 15 is 0 Å². The van der Waals surface area contributed by atoms with Crippen LogP contribution in [0.3, 0.4) is 0 Å². The van der Waals surface area contributed by atoms with Crippen LogP contribution in [0.1, 0.15) is 26.2 Å². The second kappa shape index (κ2) is 5.74. The molecule has 0 aromatic heterocycles. The fourth-order valence-electron chi connectivity index (χ4n) is 2.30. The second-order valence-corrected chi connectivity index (χ2v) is 5.66. The maximum absolute atomic E-state index is 12.1. The van der Waals surface area contributed by atoms with E-state index < -0.39 is 0 Å². The van der Waals surface area contributed by atoms with Crippen LogP contribution in [0.25, 0.3) is 0 Å². The van der Waals surface area contributed by atoms with E-state index in [1.807, 2.05) is 29.0 Å². The lowest BCUT2D eigenvalue weighted by molar-refractivity contribution is -0.117. The van der Waals surface area contributed by atoms with Crippen molar-refractivity contribution in [2.45, 2.75) is 26.2 Å². The van der Waals surface area contributed by atoms with Gasteiger partial charge >= 0.3 is 0 Å². The summed E-state index contributed by atoms with van der Waals surface area (Å²) in [5.74, 6) is 0.198. The Morgan fingerprint density at radius 2 is 2.06 bits per heavy atom. The summed E-state index contributed by atoms with van der Waals surface area (Å²) in [7, 11) is 1.96. The van der Waals surface area contributed by atoms with Crippen LogP contribution in [-0.4, -0.2) is 26.0 Å². The standard InChI is InChI=1S/C14H19BrN2O/c1-3-4-5-8-17-12-7-6-11(15)9-13(12)16(2)10-14(17)18/h6-7,9H,3-5,8,10H2,1-2H3. The van der Waals surface area contributed by atoms with Crippen LogP contribution in [0.5, 0.6) is 0 Å². The third kappa shape index (κ3) is 2.69. The SMILES string of the molecule is CCCCCN1C(=O)CN(C)c2cc(Br)ccc21. The molecule has 1 aliphatic heterocycles. The van der Waals surface area contributed by atoms with Crippen LogP contribution in [0.15, 0.2) is 22.7 Å². The minimum absolute atomic E-state index is 0.198. The molecule has 0 fully saturated rings. The lowest BCUT2D eigenvalue weighted by Gasteiger charge is -2.35. The maximum atomic E-state index is 12.1. The van der Waals surface area contributed by atoms with Gasteiger partial charge in [-0.3, -0.25) is 4.79 Å². The van der Waals surface area contributed by atoms with Gasteiger partial charge in [0.05, 0.1) is 17.9 Å². The van der Waals surface area contributed by atoms with Gasteiger partial charge in [0, 0.05) is 18.1 Å². The average Bonchev–Trinajstić information content (AvgIpc) is 2.34. The van der Waals surface area contributed by atoms with E-state index in [1.165, 1.54) is 12.8 Å². The van der Waals surface area contributed by atoms with E-state index in [-0.39, 0.29) is 5.91 Å². The number of amides is 1. The Labute approximate surface area is 117 Å². The highest BCUT2D eigenvalue weighted by molar-refractivity contribution is 9.10. The predicted molar refractivity (Wildman–Crippen MR) is 79.3 cm³/mol. The van der Waals surface area contributed by atoms with Gasteiger partial charge in [0.1, 0.15) is 0 Å². The molecular weight excluding hydrogens is 292 g/mol. The van der Waals surface area contributed by atoms with Crippen LogP contribution in [-0.2, 0) is 4.79 Å². The van der Waals surface area contributed by atoms with Crippen molar-refractivity contribution in [1.29, 1.82) is 0 Å². The minimum Gasteiger partial charge on any atom is -0.364 e. The fraction of sp³-hybridized carbons (Fsp3) is 0.500. The van der Waals surface area contributed by atoms with Gasteiger partial charge in [-0.1, -0.05) is 35.7 Å². The zero-order valence-electron chi connectivity index (χ0n) is 10.9. The summed E-state index contributed by atoms with van der Waals surface area (Å²) in [5.41, 5.74) is 2.16. The van der Waals surface area contributed by atoms with Crippen LogP contribution in [0.2, 0.25) is 0 Å². The van der Waals surface area contributed by atoms with Gasteiger partial charge in [-0.05, 0) is 24.6 Å². The van der Waals surface area contributed by atoms with Crippen molar-refractivity contribution < 1.29 is 4.79 Å². The molecule has 1 amide bonds. The third-order valence-electron chi connectivity index (χ3n) is 3.30. The molecule has 0 aliphatic carbocycles. The quantitative estimate of drug-likeness (QED) is 0.796. The molecule has 0 saturated heterocycles. The third-order valence-corrected chi connectivity index (χ3v) is 3.79. The molecule has 1 aromatic rings. The Kier molecular flexibility index (Phi) is 4.27. The first-order valence-corrected chi connectivity index (χ1v) is 7.24. The molecule has 1 aliphatic rings. The van der Waals surface area contributed by atoms with E-state index in [0.29, 0.717) is 6.54 Å². The van der Waals surface area contributed by atoms with E-state index in [0.717, 1.165) is 28.8 Å². The Bertz CT molecular complexity index is 447. The number of hydrogen-bond donors (Lipinski definition) is 0. The van der Waals surface area contributed by atoms with Crippen molar-refractivity contribution in [1.82, 2.24) is 0 Å². The number of hydrogen-bond acceptors (Lipinski definition) is 2. The Hall–Kier alpha value is -1.03. The molecule has 0 bridgehead atoms. The van der Waals surface area contributed by atoms with E-state index in [2.05, 4.69) is 28.9 Å². The van der Waals surface area contributed by atoms with Crippen LogP contribution >= 0.6 is 15.9 Å². The van der Waals surface area contributed by atoms with Crippen molar-refractivity contribution in [3.05, 3.63) is 22.7 Å². The molecule has 1 heterocycles. The van der Waals surface area contributed by atoms with E-state index in [9.17, 15) is 4.79 Å². The van der Waals surface area contributed by atoms with E-state index in [1.54, 1.807) is 0 Å². The lowest BCUT2D eigenvalue weighted by atomic mass is 10.1. The number of rotatable bonds is 4. The monoisotopic (exact) mass is 310 g/mol. The molecule has 0 radical (unpaired) electrons. The number of halogens is 1. The lowest BCUT2D eigenvalue weighted by Crippen LogP contribution is -2.44. The Morgan fingerprint density at radius 3 is 2.78 bits per heavy atom. The highest BCUT2D eigenvalue weighted by Crippen LogP contribution is 2.35. The van der Waals surface area contributed by atoms with Crippen molar-refractivity contribution in [3.8, 4) is 0 Å². The fourth-order valence-corrected chi connectivity index (χ4v) is 2.65. The molecule has 4 heteroatoms. The van der Waals surface area contributed by atoms with Crippen molar-refractivity contribution in [3.63, 3.8) is 0 Å². The van der Waals surface area contributed by atoms with Gasteiger partial charge < -0.3 is 9.80 Å². The summed E-state index contributed by atoms with van der Waals surface area (Å²) in [4.78, 5) is 16.1. The molecule has 98 valence electrons. The van der Waals surface area contributed by atoms with Gasteiger partial charge in [0.15, 0.2) is 0 Å². The number of anilines is 2. The second-order valence-electron chi connectivity index (χ2n) is 4.74. The summed E-state index contributed by atoms with van der Waals surface area (Å²) >= 11 is 3.49. The number of likely N-dealkylation sites (N-methyl/N-ethyl adjacent to an activating group) is 1. The molecule has 1 aromatic carbocycles. The Balaban J connectivity index is 2.25. The first-order valence-electron chi connectivity index (χ1n) is 6.44. The van der Waals surface area contributed by atoms with Crippen LogP contribution in [0.4, 0.5) is 11.4 Å². The first kappa shape index (κ1) is 13.4. The predicted octanol–water partition coefficient (Wildman–Crippen LogP) is 3.42. The summed E-state index contributed by atoms with van der Waals surface area (Å²) in [6.07, 6.45) is 3.42. The van der Waals surface area contributed by atoms with Crippen molar-refractivity contribution >= 4 is 33.2 Å². The molecule has 0 N–H and O–H groups in total. The molecule has 0 saturated carbocycles. The molecule has 3 nitrogen and oxygen atoms in total. The van der Waals surface area contributed by atoms with E-state index in [4.69, 9.17) is 0 Å². The first-order chi connectivity index (χ1) is 8.63. The van der Waals surface area contributed by atoms with Gasteiger partial charge in [-0.2, -0.15) is 0 Å². The van der Waals surface area contributed by atoms with Gasteiger partial charge in [0.25, 0.3) is 0 Å².